The monoisotopic (exact) mass is 293 g/mol. The second-order valence-electron chi connectivity index (χ2n) is 5.12. The molecule has 21 heavy (non-hydrogen) atoms. The van der Waals surface area contributed by atoms with Crippen LogP contribution in [0, 0.1) is 0 Å². The van der Waals surface area contributed by atoms with Crippen molar-refractivity contribution in [2.45, 2.75) is 32.9 Å². The molecule has 0 spiro atoms. The molecule has 0 radical (unpaired) electrons. The van der Waals surface area contributed by atoms with Gasteiger partial charge in [-0.2, -0.15) is 0 Å². The first-order valence-electron chi connectivity index (χ1n) is 6.92. The number of methoxy groups -OCH3 is 1. The first-order valence-corrected chi connectivity index (χ1v) is 6.92. The van der Waals surface area contributed by atoms with E-state index in [1.54, 1.807) is 24.0 Å². The van der Waals surface area contributed by atoms with Gasteiger partial charge in [0.05, 0.1) is 32.4 Å². The van der Waals surface area contributed by atoms with E-state index in [-0.39, 0.29) is 18.0 Å². The smallest absolute Gasteiger partial charge is 0.333 e. The highest BCUT2D eigenvalue weighted by Gasteiger charge is 2.30. The van der Waals surface area contributed by atoms with E-state index < -0.39 is 5.97 Å². The normalized spacial score (nSPS) is 23.7. The largest absolute Gasteiger partial charge is 0.466 e. The Labute approximate surface area is 125 Å². The summed E-state index contributed by atoms with van der Waals surface area (Å²) in [5, 5.41) is 0. The minimum absolute atomic E-state index is 0.00952. The number of nitrogens with zero attached hydrogens (tertiary/aromatic N) is 1. The zero-order valence-electron chi connectivity index (χ0n) is 13.1. The highest BCUT2D eigenvalue weighted by Crippen LogP contribution is 2.17. The van der Waals surface area contributed by atoms with Crippen molar-refractivity contribution in [3.63, 3.8) is 0 Å². The molecule has 116 valence electrons. The molecular weight excluding hydrogens is 270 g/mol. The third-order valence-electron chi connectivity index (χ3n) is 3.39. The van der Waals surface area contributed by atoms with Crippen LogP contribution in [0.4, 0.5) is 0 Å². The van der Waals surface area contributed by atoms with Crippen molar-refractivity contribution < 1.29 is 19.1 Å². The summed E-state index contributed by atoms with van der Waals surface area (Å²) in [6.45, 7) is 10.3. The molecule has 0 aliphatic carbocycles. The van der Waals surface area contributed by atoms with Crippen molar-refractivity contribution in [2.75, 3.05) is 20.3 Å². The fourth-order valence-electron chi connectivity index (χ4n) is 2.22. The Balaban J connectivity index is 2.95. The molecule has 2 atom stereocenters. The summed E-state index contributed by atoms with van der Waals surface area (Å²) in [7, 11) is 1.32. The lowest BCUT2D eigenvalue weighted by atomic mass is 10.1. The summed E-state index contributed by atoms with van der Waals surface area (Å²) in [5.74, 6) is -0.530. The molecule has 0 N–H and O–H groups in total. The first kappa shape index (κ1) is 17.2. The number of carbonyl (C=O) groups is 2. The molecule has 1 aliphatic rings. The Hall–Kier alpha value is -1.88. The standard InChI is InChI=1S/C16H23NO4/c1-6-14(8-7-11(2)16(19)20-5)15(18)17-12(3)9-21-10-13(17)4/h6-8,12-13H,1,9-10H2,2-5H3/b11-7+,14-8+/t12-,13-/m1/s1. The van der Waals surface area contributed by atoms with Crippen molar-refractivity contribution in [1.29, 1.82) is 0 Å². The number of allylic oxidation sites excluding steroid dienone is 2. The summed E-state index contributed by atoms with van der Waals surface area (Å²) < 4.78 is 10.0. The van der Waals surface area contributed by atoms with Crippen LogP contribution in [0.5, 0.6) is 0 Å². The van der Waals surface area contributed by atoms with Crippen LogP contribution in [0.3, 0.4) is 0 Å². The molecule has 0 bridgehead atoms. The van der Waals surface area contributed by atoms with Crippen LogP contribution in [0.15, 0.2) is 36.0 Å². The number of ether oxygens (including phenoxy) is 2. The summed E-state index contributed by atoms with van der Waals surface area (Å²) in [5.41, 5.74) is 0.867. The SMILES string of the molecule is C=C/C(=C\C=C(/C)C(=O)OC)C(=O)N1[C@H](C)COC[C@H]1C. The number of hydrogen-bond donors (Lipinski definition) is 0. The van der Waals surface area contributed by atoms with Gasteiger partial charge in [-0.25, -0.2) is 4.79 Å². The van der Waals surface area contributed by atoms with Crippen LogP contribution in [0.1, 0.15) is 20.8 Å². The zero-order chi connectivity index (χ0) is 16.0. The third-order valence-corrected chi connectivity index (χ3v) is 3.39. The van der Waals surface area contributed by atoms with Crippen LogP contribution < -0.4 is 0 Å². The van der Waals surface area contributed by atoms with Gasteiger partial charge >= 0.3 is 5.97 Å². The van der Waals surface area contributed by atoms with Crippen molar-refractivity contribution in [1.82, 2.24) is 4.90 Å². The van der Waals surface area contributed by atoms with E-state index >= 15 is 0 Å². The van der Waals surface area contributed by atoms with Gasteiger partial charge in [-0.15, -0.1) is 0 Å². The maximum absolute atomic E-state index is 12.6. The zero-order valence-corrected chi connectivity index (χ0v) is 13.1. The Morgan fingerprint density at radius 1 is 1.24 bits per heavy atom. The summed E-state index contributed by atoms with van der Waals surface area (Å²) in [6, 6.07) is 0.0190. The lowest BCUT2D eigenvalue weighted by molar-refractivity contribution is -0.139. The quantitative estimate of drug-likeness (QED) is 0.451. The molecule has 1 amide bonds. The molecule has 5 heteroatoms. The van der Waals surface area contributed by atoms with E-state index in [2.05, 4.69) is 11.3 Å². The van der Waals surface area contributed by atoms with Gasteiger partial charge in [0.15, 0.2) is 0 Å². The molecule has 0 aromatic heterocycles. The van der Waals surface area contributed by atoms with Crippen molar-refractivity contribution in [2.24, 2.45) is 0 Å². The Morgan fingerprint density at radius 2 is 1.81 bits per heavy atom. The number of rotatable bonds is 4. The third kappa shape index (κ3) is 4.29. The summed E-state index contributed by atoms with van der Waals surface area (Å²) >= 11 is 0. The van der Waals surface area contributed by atoms with Crippen LogP contribution in [0.2, 0.25) is 0 Å². The lowest BCUT2D eigenvalue weighted by Crippen LogP contribution is -2.52. The summed E-state index contributed by atoms with van der Waals surface area (Å²) in [4.78, 5) is 25.7. The molecule has 0 aromatic rings. The number of esters is 1. The molecule has 1 saturated heterocycles. The average molecular weight is 293 g/mol. The number of morpholine rings is 1. The number of amides is 1. The van der Waals surface area contributed by atoms with Gasteiger partial charge in [0.2, 0.25) is 0 Å². The maximum atomic E-state index is 12.6. The molecule has 0 saturated carbocycles. The van der Waals surface area contributed by atoms with Gasteiger partial charge in [-0.05, 0) is 26.8 Å². The second-order valence-corrected chi connectivity index (χ2v) is 5.12. The molecular formula is C16H23NO4. The van der Waals surface area contributed by atoms with Crippen molar-refractivity contribution in [3.05, 3.63) is 36.0 Å². The van der Waals surface area contributed by atoms with Gasteiger partial charge in [-0.1, -0.05) is 18.7 Å². The maximum Gasteiger partial charge on any atom is 0.333 e. The Kier molecular flexibility index (Phi) is 6.37. The predicted octanol–water partition coefficient (Wildman–Crippen LogP) is 1.85. The van der Waals surface area contributed by atoms with E-state index in [9.17, 15) is 9.59 Å². The molecule has 1 aliphatic heterocycles. The van der Waals surface area contributed by atoms with E-state index in [1.807, 2.05) is 13.8 Å². The van der Waals surface area contributed by atoms with Crippen LogP contribution >= 0.6 is 0 Å². The minimum Gasteiger partial charge on any atom is -0.466 e. The molecule has 1 heterocycles. The van der Waals surface area contributed by atoms with Gasteiger partial charge in [0.1, 0.15) is 0 Å². The lowest BCUT2D eigenvalue weighted by Gasteiger charge is -2.39. The fraction of sp³-hybridized carbons (Fsp3) is 0.500. The van der Waals surface area contributed by atoms with Crippen molar-refractivity contribution in [3.8, 4) is 0 Å². The highest BCUT2D eigenvalue weighted by atomic mass is 16.5. The number of hydrogen-bond acceptors (Lipinski definition) is 4. The average Bonchev–Trinajstić information content (AvgIpc) is 2.46. The summed E-state index contributed by atoms with van der Waals surface area (Å²) in [6.07, 6.45) is 4.66. The Bertz CT molecular complexity index is 469. The highest BCUT2D eigenvalue weighted by molar-refractivity contribution is 5.97. The van der Waals surface area contributed by atoms with Gasteiger partial charge in [-0.3, -0.25) is 4.79 Å². The van der Waals surface area contributed by atoms with E-state index in [0.717, 1.165) is 0 Å². The van der Waals surface area contributed by atoms with Crippen molar-refractivity contribution >= 4 is 11.9 Å². The van der Waals surface area contributed by atoms with E-state index in [4.69, 9.17) is 4.74 Å². The molecule has 0 aromatic carbocycles. The van der Waals surface area contributed by atoms with Gasteiger partial charge in [0, 0.05) is 11.1 Å². The topological polar surface area (TPSA) is 55.8 Å². The van der Waals surface area contributed by atoms with Gasteiger partial charge in [0.25, 0.3) is 5.91 Å². The molecule has 1 rings (SSSR count). The van der Waals surface area contributed by atoms with Crippen LogP contribution in [0.25, 0.3) is 0 Å². The van der Waals surface area contributed by atoms with E-state index in [0.29, 0.717) is 24.4 Å². The second kappa shape index (κ2) is 7.78. The fourth-order valence-corrected chi connectivity index (χ4v) is 2.22. The molecule has 0 unspecified atom stereocenters. The number of carbonyl (C=O) groups excluding carboxylic acids is 2. The van der Waals surface area contributed by atoms with Gasteiger partial charge < -0.3 is 14.4 Å². The molecule has 5 nitrogen and oxygen atoms in total. The van der Waals surface area contributed by atoms with Crippen LogP contribution in [-0.2, 0) is 19.1 Å². The minimum atomic E-state index is -0.421. The Morgan fingerprint density at radius 3 is 2.29 bits per heavy atom. The molecule has 1 fully saturated rings. The first-order chi connectivity index (χ1) is 9.92. The predicted molar refractivity (Wildman–Crippen MR) is 80.6 cm³/mol. The van der Waals surface area contributed by atoms with E-state index in [1.165, 1.54) is 13.2 Å². The van der Waals surface area contributed by atoms with Crippen LogP contribution in [-0.4, -0.2) is 49.2 Å².